The van der Waals surface area contributed by atoms with Gasteiger partial charge in [0.1, 0.15) is 0 Å². The molecule has 2 rings (SSSR count). The van der Waals surface area contributed by atoms with Gasteiger partial charge in [0.15, 0.2) is 5.69 Å². The average molecular weight is 310 g/mol. The van der Waals surface area contributed by atoms with Gasteiger partial charge in [-0.3, -0.25) is 14.2 Å². The predicted molar refractivity (Wildman–Crippen MR) is 81.4 cm³/mol. The third-order valence-corrected chi connectivity index (χ3v) is 3.84. The van der Waals surface area contributed by atoms with Crippen LogP contribution in [0.25, 0.3) is 0 Å². The summed E-state index contributed by atoms with van der Waals surface area (Å²) in [4.78, 5) is 14.0. The van der Waals surface area contributed by atoms with Crippen LogP contribution in [0.4, 0.5) is 0 Å². The lowest BCUT2D eigenvalue weighted by Gasteiger charge is -2.16. The van der Waals surface area contributed by atoms with Crippen LogP contribution in [0.15, 0.2) is 6.20 Å². The van der Waals surface area contributed by atoms with Gasteiger partial charge in [-0.2, -0.15) is 10.2 Å². The number of aryl methyl sites for hydroxylation is 3. The number of amides is 1. The maximum atomic E-state index is 12.4. The molecule has 0 aromatic carbocycles. The second kappa shape index (κ2) is 5.89. The summed E-state index contributed by atoms with van der Waals surface area (Å²) in [5.41, 5.74) is 3.38. The van der Waals surface area contributed by atoms with Gasteiger partial charge in [-0.15, -0.1) is 0 Å². The monoisotopic (exact) mass is 309 g/mol. The largest absolute Gasteiger partial charge is 0.336 e. The molecule has 0 saturated heterocycles. The molecule has 0 spiro atoms. The second-order valence-electron chi connectivity index (χ2n) is 5.13. The standard InChI is InChI=1S/C14H20ClN5O/c1-6-20-10(3)11(9(2)16-20)7-18(4)14(21)13-12(15)8-19(5)17-13/h8H,6-7H2,1-5H3. The lowest BCUT2D eigenvalue weighted by atomic mass is 10.2. The molecule has 2 aromatic rings. The van der Waals surface area contributed by atoms with Crippen LogP contribution >= 0.6 is 11.6 Å². The van der Waals surface area contributed by atoms with Crippen molar-refractivity contribution in [1.82, 2.24) is 24.5 Å². The first-order chi connectivity index (χ1) is 9.85. The van der Waals surface area contributed by atoms with E-state index in [1.807, 2.05) is 25.5 Å². The quantitative estimate of drug-likeness (QED) is 0.870. The minimum absolute atomic E-state index is 0.191. The van der Waals surface area contributed by atoms with Gasteiger partial charge in [0, 0.05) is 44.6 Å². The van der Waals surface area contributed by atoms with Crippen molar-refractivity contribution in [3.63, 3.8) is 0 Å². The highest BCUT2D eigenvalue weighted by Gasteiger charge is 2.21. The van der Waals surface area contributed by atoms with Gasteiger partial charge in [0.2, 0.25) is 0 Å². The Balaban J connectivity index is 2.22. The molecule has 7 heteroatoms. The van der Waals surface area contributed by atoms with Gasteiger partial charge >= 0.3 is 0 Å². The van der Waals surface area contributed by atoms with Gasteiger partial charge in [-0.25, -0.2) is 0 Å². The van der Waals surface area contributed by atoms with Crippen LogP contribution in [0.5, 0.6) is 0 Å². The van der Waals surface area contributed by atoms with Crippen LogP contribution in [0.1, 0.15) is 34.4 Å². The second-order valence-corrected chi connectivity index (χ2v) is 5.53. The number of halogens is 1. The number of hydrogen-bond acceptors (Lipinski definition) is 3. The summed E-state index contributed by atoms with van der Waals surface area (Å²) in [6.45, 7) is 7.33. The van der Waals surface area contributed by atoms with E-state index in [-0.39, 0.29) is 11.6 Å². The highest BCUT2D eigenvalue weighted by molar-refractivity contribution is 6.33. The van der Waals surface area contributed by atoms with Crippen molar-refractivity contribution in [2.24, 2.45) is 7.05 Å². The fourth-order valence-electron chi connectivity index (χ4n) is 2.36. The molecule has 0 bridgehead atoms. The maximum Gasteiger partial charge on any atom is 0.275 e. The smallest absolute Gasteiger partial charge is 0.275 e. The van der Waals surface area contributed by atoms with Crippen molar-refractivity contribution < 1.29 is 4.79 Å². The van der Waals surface area contributed by atoms with Crippen LogP contribution in [-0.4, -0.2) is 37.4 Å². The minimum atomic E-state index is -0.191. The Morgan fingerprint density at radius 1 is 1.38 bits per heavy atom. The normalized spacial score (nSPS) is 11.0. The summed E-state index contributed by atoms with van der Waals surface area (Å²) in [5, 5.41) is 8.95. The molecule has 0 unspecified atom stereocenters. The van der Waals surface area contributed by atoms with Gasteiger partial charge in [0.25, 0.3) is 5.91 Å². The van der Waals surface area contributed by atoms with Crippen LogP contribution in [0, 0.1) is 13.8 Å². The third kappa shape index (κ3) is 2.95. The molecule has 2 heterocycles. The Morgan fingerprint density at radius 3 is 2.52 bits per heavy atom. The molecule has 2 aromatic heterocycles. The first-order valence-corrected chi connectivity index (χ1v) is 7.20. The maximum absolute atomic E-state index is 12.4. The van der Waals surface area contributed by atoms with E-state index in [4.69, 9.17) is 11.6 Å². The molecule has 0 aliphatic rings. The van der Waals surface area contributed by atoms with Crippen LogP contribution in [0.3, 0.4) is 0 Å². The highest BCUT2D eigenvalue weighted by atomic mass is 35.5. The number of carbonyl (C=O) groups is 1. The molecule has 1 amide bonds. The van der Waals surface area contributed by atoms with Gasteiger partial charge in [-0.1, -0.05) is 11.6 Å². The van der Waals surface area contributed by atoms with Crippen molar-refractivity contribution in [2.45, 2.75) is 33.9 Å². The Labute approximate surface area is 129 Å². The molecule has 21 heavy (non-hydrogen) atoms. The molecule has 0 aliphatic heterocycles. The molecular formula is C14H20ClN5O. The molecule has 0 radical (unpaired) electrons. The fourth-order valence-corrected chi connectivity index (χ4v) is 2.62. The van der Waals surface area contributed by atoms with Crippen molar-refractivity contribution in [3.8, 4) is 0 Å². The van der Waals surface area contributed by atoms with E-state index >= 15 is 0 Å². The molecule has 114 valence electrons. The van der Waals surface area contributed by atoms with E-state index in [9.17, 15) is 4.79 Å². The molecule has 0 fully saturated rings. The highest BCUT2D eigenvalue weighted by Crippen LogP contribution is 2.19. The summed E-state index contributed by atoms with van der Waals surface area (Å²) in [5.74, 6) is -0.191. The summed E-state index contributed by atoms with van der Waals surface area (Å²) in [6, 6.07) is 0. The van der Waals surface area contributed by atoms with E-state index in [0.717, 1.165) is 23.5 Å². The predicted octanol–water partition coefficient (Wildman–Crippen LogP) is 2.18. The molecule has 0 aliphatic carbocycles. The van der Waals surface area contributed by atoms with Crippen molar-refractivity contribution >= 4 is 17.5 Å². The number of aromatic nitrogens is 4. The van der Waals surface area contributed by atoms with Crippen LogP contribution in [-0.2, 0) is 20.1 Å². The SMILES string of the molecule is CCn1nc(C)c(CN(C)C(=O)c2nn(C)cc2Cl)c1C. The molecule has 0 N–H and O–H groups in total. The van der Waals surface area contributed by atoms with E-state index in [0.29, 0.717) is 11.6 Å². The fraction of sp³-hybridized carbons (Fsp3) is 0.500. The summed E-state index contributed by atoms with van der Waals surface area (Å²) >= 11 is 6.03. The zero-order chi connectivity index (χ0) is 15.7. The zero-order valence-electron chi connectivity index (χ0n) is 13.0. The van der Waals surface area contributed by atoms with E-state index in [1.165, 1.54) is 4.68 Å². The van der Waals surface area contributed by atoms with Gasteiger partial charge in [-0.05, 0) is 20.8 Å². The summed E-state index contributed by atoms with van der Waals surface area (Å²) in [6.07, 6.45) is 1.62. The Kier molecular flexibility index (Phi) is 4.37. The molecule has 0 atom stereocenters. The molecular weight excluding hydrogens is 290 g/mol. The molecule has 0 saturated carbocycles. The zero-order valence-corrected chi connectivity index (χ0v) is 13.8. The van der Waals surface area contributed by atoms with Gasteiger partial charge < -0.3 is 4.90 Å². The van der Waals surface area contributed by atoms with Crippen molar-refractivity contribution in [2.75, 3.05) is 7.05 Å². The Morgan fingerprint density at radius 2 is 2.05 bits per heavy atom. The van der Waals surface area contributed by atoms with Crippen molar-refractivity contribution in [1.29, 1.82) is 0 Å². The summed E-state index contributed by atoms with van der Waals surface area (Å²) < 4.78 is 3.48. The first kappa shape index (κ1) is 15.6. The number of nitrogens with zero attached hydrogens (tertiary/aromatic N) is 5. The van der Waals surface area contributed by atoms with E-state index in [2.05, 4.69) is 10.2 Å². The first-order valence-electron chi connectivity index (χ1n) is 6.82. The minimum Gasteiger partial charge on any atom is -0.336 e. The van der Waals surface area contributed by atoms with E-state index < -0.39 is 0 Å². The number of rotatable bonds is 4. The van der Waals surface area contributed by atoms with Crippen molar-refractivity contribution in [3.05, 3.63) is 33.9 Å². The summed E-state index contributed by atoms with van der Waals surface area (Å²) in [7, 11) is 3.48. The topological polar surface area (TPSA) is 56.0 Å². The average Bonchev–Trinajstić information content (AvgIpc) is 2.90. The van der Waals surface area contributed by atoms with Gasteiger partial charge in [0.05, 0.1) is 10.7 Å². The lowest BCUT2D eigenvalue weighted by molar-refractivity contribution is 0.0778. The third-order valence-electron chi connectivity index (χ3n) is 3.56. The molecule has 6 nitrogen and oxygen atoms in total. The van der Waals surface area contributed by atoms with Crippen LogP contribution < -0.4 is 0 Å². The van der Waals surface area contributed by atoms with Crippen LogP contribution in [0.2, 0.25) is 5.02 Å². The Bertz CT molecular complexity index is 673. The lowest BCUT2D eigenvalue weighted by Crippen LogP contribution is -2.27. The number of hydrogen-bond donors (Lipinski definition) is 0. The number of carbonyl (C=O) groups excluding carboxylic acids is 1. The van der Waals surface area contributed by atoms with E-state index in [1.54, 1.807) is 25.2 Å². The Hall–Kier alpha value is -1.82.